The van der Waals surface area contributed by atoms with E-state index in [-0.39, 0.29) is 5.91 Å². The van der Waals surface area contributed by atoms with Crippen molar-refractivity contribution >= 4 is 23.5 Å². The van der Waals surface area contributed by atoms with E-state index >= 15 is 0 Å². The quantitative estimate of drug-likeness (QED) is 0.891. The van der Waals surface area contributed by atoms with Crippen LogP contribution in [0.25, 0.3) is 0 Å². The Balaban J connectivity index is 2.68. The maximum absolute atomic E-state index is 12.3. The molecular weight excluding hydrogens is 251 g/mol. The maximum Gasteiger partial charge on any atom is 0.241 e. The number of hydrogen-bond acceptors (Lipinski definition) is 3. The summed E-state index contributed by atoms with van der Waals surface area (Å²) in [7, 11) is 0. The van der Waals surface area contributed by atoms with Crippen molar-refractivity contribution in [1.29, 1.82) is 0 Å². The molecule has 0 aliphatic heterocycles. The number of alkyl halides is 1. The first-order chi connectivity index (χ1) is 8.35. The molecule has 0 spiro atoms. The Morgan fingerprint density at radius 1 is 1.50 bits per heavy atom. The molecule has 1 heterocycles. The lowest BCUT2D eigenvalue weighted by atomic mass is 10.2. The lowest BCUT2D eigenvalue weighted by Gasteiger charge is -2.24. The zero-order valence-electron chi connectivity index (χ0n) is 11.2. The van der Waals surface area contributed by atoms with Crippen molar-refractivity contribution in [3.05, 3.63) is 23.9 Å². The van der Waals surface area contributed by atoms with E-state index in [1.165, 1.54) is 6.20 Å². The molecule has 1 aromatic heterocycles. The number of amides is 1. The van der Waals surface area contributed by atoms with Gasteiger partial charge in [0.1, 0.15) is 12.5 Å². The molecular formula is C13H19FN2OS. The van der Waals surface area contributed by atoms with Crippen LogP contribution in [0.1, 0.15) is 33.3 Å². The number of carbonyl (C=O) groups is 1. The molecule has 0 aliphatic carbocycles. The molecule has 0 saturated carbocycles. The molecule has 1 N–H and O–H groups in total. The third-order valence-electron chi connectivity index (χ3n) is 2.30. The Labute approximate surface area is 112 Å². The maximum atomic E-state index is 12.3. The number of halogens is 1. The minimum absolute atomic E-state index is 0.0956. The summed E-state index contributed by atoms with van der Waals surface area (Å²) in [4.78, 5) is 16.1. The SMILES string of the molecule is CC(C)SC(C)(C)C(=O)Nc1ccc(CF)cn1. The monoisotopic (exact) mass is 270 g/mol. The Kier molecular flexibility index (Phi) is 5.14. The summed E-state index contributed by atoms with van der Waals surface area (Å²) in [5.41, 5.74) is 0.504. The first-order valence-corrected chi connectivity index (χ1v) is 6.73. The third-order valence-corrected chi connectivity index (χ3v) is 3.54. The van der Waals surface area contributed by atoms with E-state index in [0.29, 0.717) is 16.6 Å². The fraction of sp³-hybridized carbons (Fsp3) is 0.538. The predicted molar refractivity (Wildman–Crippen MR) is 74.5 cm³/mol. The fourth-order valence-electron chi connectivity index (χ4n) is 1.49. The van der Waals surface area contributed by atoms with Crippen LogP contribution in [0.15, 0.2) is 18.3 Å². The Hall–Kier alpha value is -1.10. The van der Waals surface area contributed by atoms with Crippen molar-refractivity contribution in [1.82, 2.24) is 4.98 Å². The summed E-state index contributed by atoms with van der Waals surface area (Å²) in [5, 5.41) is 3.11. The zero-order valence-corrected chi connectivity index (χ0v) is 12.0. The number of anilines is 1. The highest BCUT2D eigenvalue weighted by molar-refractivity contribution is 8.01. The topological polar surface area (TPSA) is 42.0 Å². The summed E-state index contributed by atoms with van der Waals surface area (Å²) >= 11 is 1.59. The van der Waals surface area contributed by atoms with E-state index in [4.69, 9.17) is 0 Å². The van der Waals surface area contributed by atoms with E-state index in [2.05, 4.69) is 10.3 Å². The van der Waals surface area contributed by atoms with Gasteiger partial charge in [-0.25, -0.2) is 9.37 Å². The van der Waals surface area contributed by atoms with Gasteiger partial charge in [0.25, 0.3) is 0 Å². The van der Waals surface area contributed by atoms with Crippen molar-refractivity contribution < 1.29 is 9.18 Å². The molecule has 100 valence electrons. The van der Waals surface area contributed by atoms with Crippen molar-refractivity contribution in [3.63, 3.8) is 0 Å². The van der Waals surface area contributed by atoms with Gasteiger partial charge in [0.15, 0.2) is 0 Å². The molecule has 18 heavy (non-hydrogen) atoms. The van der Waals surface area contributed by atoms with Crippen LogP contribution in [-0.2, 0) is 11.5 Å². The van der Waals surface area contributed by atoms with E-state index < -0.39 is 11.4 Å². The predicted octanol–water partition coefficient (Wildman–Crippen LogP) is 3.41. The first-order valence-electron chi connectivity index (χ1n) is 5.85. The summed E-state index contributed by atoms with van der Waals surface area (Å²) in [6, 6.07) is 3.23. The standard InChI is InChI=1S/C13H19FN2OS/c1-9(2)18-13(3,4)12(17)16-11-6-5-10(7-14)8-15-11/h5-6,8-9H,7H2,1-4H3,(H,15,16,17). The van der Waals surface area contributed by atoms with Crippen molar-refractivity contribution in [2.24, 2.45) is 0 Å². The summed E-state index contributed by atoms with van der Waals surface area (Å²) in [5.74, 6) is 0.358. The Morgan fingerprint density at radius 3 is 2.61 bits per heavy atom. The average molecular weight is 270 g/mol. The van der Waals surface area contributed by atoms with Gasteiger partial charge in [-0.15, -0.1) is 11.8 Å². The number of pyridine rings is 1. The minimum Gasteiger partial charge on any atom is -0.310 e. The number of aromatic nitrogens is 1. The number of rotatable bonds is 5. The van der Waals surface area contributed by atoms with Crippen LogP contribution >= 0.6 is 11.8 Å². The second-order valence-electron chi connectivity index (χ2n) is 4.82. The number of nitrogens with one attached hydrogen (secondary N) is 1. The van der Waals surface area contributed by atoms with Gasteiger partial charge < -0.3 is 5.32 Å². The van der Waals surface area contributed by atoms with Gasteiger partial charge in [0, 0.05) is 17.0 Å². The molecule has 1 amide bonds. The molecule has 0 fully saturated rings. The van der Waals surface area contributed by atoms with Crippen LogP contribution < -0.4 is 5.32 Å². The van der Waals surface area contributed by atoms with Crippen molar-refractivity contribution in [2.75, 3.05) is 5.32 Å². The summed E-state index contributed by atoms with van der Waals surface area (Å²) in [6.07, 6.45) is 1.43. The third kappa shape index (κ3) is 4.29. The Bertz CT molecular complexity index is 404. The van der Waals surface area contributed by atoms with E-state index in [0.717, 1.165) is 0 Å². The fourth-order valence-corrected chi connectivity index (χ4v) is 2.82. The molecule has 3 nitrogen and oxygen atoms in total. The smallest absolute Gasteiger partial charge is 0.241 e. The van der Waals surface area contributed by atoms with Gasteiger partial charge in [-0.3, -0.25) is 4.79 Å². The first kappa shape index (κ1) is 15.0. The van der Waals surface area contributed by atoms with E-state index in [1.54, 1.807) is 23.9 Å². The summed E-state index contributed by atoms with van der Waals surface area (Å²) in [6.45, 7) is 7.31. The van der Waals surface area contributed by atoms with E-state index in [1.807, 2.05) is 27.7 Å². The summed E-state index contributed by atoms with van der Waals surface area (Å²) < 4.78 is 11.8. The number of thioether (sulfide) groups is 1. The van der Waals surface area contributed by atoms with Crippen LogP contribution in [-0.4, -0.2) is 20.9 Å². The highest BCUT2D eigenvalue weighted by Gasteiger charge is 2.29. The van der Waals surface area contributed by atoms with Gasteiger partial charge in [-0.2, -0.15) is 0 Å². The van der Waals surface area contributed by atoms with Crippen molar-refractivity contribution in [3.8, 4) is 0 Å². The van der Waals surface area contributed by atoms with E-state index in [9.17, 15) is 9.18 Å². The number of carbonyl (C=O) groups excluding carboxylic acids is 1. The zero-order chi connectivity index (χ0) is 13.8. The molecule has 0 bridgehead atoms. The highest BCUT2D eigenvalue weighted by atomic mass is 32.2. The Morgan fingerprint density at radius 2 is 2.17 bits per heavy atom. The number of nitrogens with zero attached hydrogens (tertiary/aromatic N) is 1. The molecule has 0 unspecified atom stereocenters. The lowest BCUT2D eigenvalue weighted by molar-refractivity contribution is -0.117. The highest BCUT2D eigenvalue weighted by Crippen LogP contribution is 2.29. The molecule has 0 radical (unpaired) electrons. The van der Waals surface area contributed by atoms with Crippen LogP contribution in [0.2, 0.25) is 0 Å². The molecule has 0 atom stereocenters. The largest absolute Gasteiger partial charge is 0.310 e. The molecule has 0 aromatic carbocycles. The molecule has 5 heteroatoms. The van der Waals surface area contributed by atoms with Crippen LogP contribution in [0.3, 0.4) is 0 Å². The van der Waals surface area contributed by atoms with Gasteiger partial charge >= 0.3 is 0 Å². The molecule has 1 aromatic rings. The van der Waals surface area contributed by atoms with Gasteiger partial charge in [0.05, 0.1) is 4.75 Å². The average Bonchev–Trinajstić information content (AvgIpc) is 2.28. The van der Waals surface area contributed by atoms with Gasteiger partial charge in [0.2, 0.25) is 5.91 Å². The van der Waals surface area contributed by atoms with Gasteiger partial charge in [-0.1, -0.05) is 19.9 Å². The van der Waals surface area contributed by atoms with Crippen molar-refractivity contribution in [2.45, 2.75) is 44.4 Å². The lowest BCUT2D eigenvalue weighted by Crippen LogP contribution is -2.35. The molecule has 0 aliphatic rings. The molecule has 0 saturated heterocycles. The van der Waals surface area contributed by atoms with Crippen LogP contribution in [0, 0.1) is 0 Å². The second-order valence-corrected chi connectivity index (χ2v) is 7.02. The van der Waals surface area contributed by atoms with Crippen LogP contribution in [0.5, 0.6) is 0 Å². The van der Waals surface area contributed by atoms with Gasteiger partial charge in [-0.05, 0) is 19.9 Å². The van der Waals surface area contributed by atoms with Crippen LogP contribution in [0.4, 0.5) is 10.2 Å². The normalized spacial score (nSPS) is 11.7. The molecule has 1 rings (SSSR count). The minimum atomic E-state index is -0.546. The number of hydrogen-bond donors (Lipinski definition) is 1. The second kappa shape index (κ2) is 6.18.